The van der Waals surface area contributed by atoms with Gasteiger partial charge in [0.05, 0.1) is 36.6 Å². The number of morpholine rings is 1. The number of amides is 1. The van der Waals surface area contributed by atoms with Gasteiger partial charge in [-0.05, 0) is 31.2 Å². The highest BCUT2D eigenvalue weighted by atomic mass is 35.5. The van der Waals surface area contributed by atoms with E-state index in [-0.39, 0.29) is 5.91 Å². The molecule has 1 N–H and O–H groups in total. The van der Waals surface area contributed by atoms with E-state index in [1.165, 1.54) is 0 Å². The summed E-state index contributed by atoms with van der Waals surface area (Å²) in [4.78, 5) is 19.6. The summed E-state index contributed by atoms with van der Waals surface area (Å²) in [6.07, 6.45) is 1.64. The quantitative estimate of drug-likeness (QED) is 0.635. The molecule has 0 saturated carbocycles. The second-order valence-corrected chi connectivity index (χ2v) is 7.44. The molecule has 0 aliphatic carbocycles. The van der Waals surface area contributed by atoms with Crippen LogP contribution in [0.1, 0.15) is 22.8 Å². The number of pyridine rings is 1. The Labute approximate surface area is 180 Å². The lowest BCUT2D eigenvalue weighted by atomic mass is 10.1. The second-order valence-electron chi connectivity index (χ2n) is 7.01. The zero-order valence-corrected chi connectivity index (χ0v) is 17.6. The van der Waals surface area contributed by atoms with Gasteiger partial charge in [-0.1, -0.05) is 29.8 Å². The first-order valence-corrected chi connectivity index (χ1v) is 10.4. The number of para-hydroxylation sites is 1. The first-order chi connectivity index (χ1) is 14.7. The molecule has 1 aliphatic rings. The molecule has 0 radical (unpaired) electrons. The van der Waals surface area contributed by atoms with E-state index >= 15 is 0 Å². The third-order valence-corrected chi connectivity index (χ3v) is 5.32. The van der Waals surface area contributed by atoms with E-state index in [0.717, 1.165) is 27.9 Å². The molecule has 2 aromatic carbocycles. The van der Waals surface area contributed by atoms with Gasteiger partial charge in [-0.2, -0.15) is 0 Å². The van der Waals surface area contributed by atoms with Crippen LogP contribution >= 0.6 is 11.6 Å². The molecule has 1 saturated heterocycles. The van der Waals surface area contributed by atoms with Gasteiger partial charge in [0.2, 0.25) is 0 Å². The summed E-state index contributed by atoms with van der Waals surface area (Å²) in [5.41, 5.74) is 3.04. The number of hydrogen-bond donors (Lipinski definition) is 1. The van der Waals surface area contributed by atoms with Crippen LogP contribution in [-0.2, 0) is 11.3 Å². The van der Waals surface area contributed by atoms with Crippen molar-refractivity contribution in [2.75, 3.05) is 38.2 Å². The molecule has 0 spiro atoms. The number of rotatable bonds is 6. The van der Waals surface area contributed by atoms with Crippen LogP contribution in [0, 0.1) is 0 Å². The topological polar surface area (TPSA) is 63.7 Å². The number of aromatic nitrogens is 1. The summed E-state index contributed by atoms with van der Waals surface area (Å²) in [6.45, 7) is 5.28. The van der Waals surface area contributed by atoms with Crippen LogP contribution in [0.5, 0.6) is 5.75 Å². The van der Waals surface area contributed by atoms with Crippen molar-refractivity contribution in [3.63, 3.8) is 0 Å². The molecule has 0 atom stereocenters. The number of carbonyl (C=O) groups excluding carboxylic acids is 1. The van der Waals surface area contributed by atoms with Crippen LogP contribution in [-0.4, -0.2) is 48.7 Å². The average Bonchev–Trinajstić information content (AvgIpc) is 2.78. The SMILES string of the molecule is CCOc1ccccc1CNc1c(C(=O)N2CCOCC2)cnc2ccc(Cl)cc12. The lowest BCUT2D eigenvalue weighted by molar-refractivity contribution is 0.0303. The lowest BCUT2D eigenvalue weighted by Gasteiger charge is -2.28. The predicted molar refractivity (Wildman–Crippen MR) is 118 cm³/mol. The summed E-state index contributed by atoms with van der Waals surface area (Å²) in [6, 6.07) is 13.4. The third kappa shape index (κ3) is 4.35. The zero-order chi connectivity index (χ0) is 20.9. The Morgan fingerprint density at radius 3 is 2.83 bits per heavy atom. The van der Waals surface area contributed by atoms with Crippen LogP contribution in [0.25, 0.3) is 10.9 Å². The van der Waals surface area contributed by atoms with E-state index < -0.39 is 0 Å². The maximum atomic E-state index is 13.3. The van der Waals surface area contributed by atoms with Crippen molar-refractivity contribution >= 4 is 34.1 Å². The Kier molecular flexibility index (Phi) is 6.35. The standard InChI is InChI=1S/C23H24ClN3O3/c1-2-30-21-6-4-3-5-16(21)14-26-22-18-13-17(24)7-8-20(18)25-15-19(22)23(28)27-9-11-29-12-10-27/h3-8,13,15H,2,9-12,14H2,1H3,(H,25,26). The molecule has 0 unspecified atom stereocenters. The minimum absolute atomic E-state index is 0.0618. The maximum absolute atomic E-state index is 13.3. The molecule has 1 aromatic heterocycles. The largest absolute Gasteiger partial charge is 0.494 e. The van der Waals surface area contributed by atoms with Gasteiger partial charge in [-0.15, -0.1) is 0 Å². The van der Waals surface area contributed by atoms with Gasteiger partial charge in [0.25, 0.3) is 5.91 Å². The van der Waals surface area contributed by atoms with Crippen molar-refractivity contribution in [2.45, 2.75) is 13.5 Å². The molecule has 30 heavy (non-hydrogen) atoms. The van der Waals surface area contributed by atoms with E-state index in [4.69, 9.17) is 21.1 Å². The van der Waals surface area contributed by atoms with E-state index in [9.17, 15) is 4.79 Å². The molecule has 1 fully saturated rings. The van der Waals surface area contributed by atoms with E-state index in [1.807, 2.05) is 43.3 Å². The van der Waals surface area contributed by atoms with Gasteiger partial charge in [0.15, 0.2) is 0 Å². The number of halogens is 1. The predicted octanol–water partition coefficient (Wildman–Crippen LogP) is 4.37. The molecule has 7 heteroatoms. The van der Waals surface area contributed by atoms with Gasteiger partial charge in [0.1, 0.15) is 5.75 Å². The number of hydrogen-bond acceptors (Lipinski definition) is 5. The van der Waals surface area contributed by atoms with Crippen molar-refractivity contribution < 1.29 is 14.3 Å². The van der Waals surface area contributed by atoms with Crippen molar-refractivity contribution in [3.8, 4) is 5.75 Å². The van der Waals surface area contributed by atoms with Gasteiger partial charge >= 0.3 is 0 Å². The molecule has 3 aromatic rings. The van der Waals surface area contributed by atoms with Crippen molar-refractivity contribution in [1.82, 2.24) is 9.88 Å². The number of benzene rings is 2. The molecular formula is C23H24ClN3O3. The summed E-state index contributed by atoms with van der Waals surface area (Å²) in [5, 5.41) is 4.87. The molecule has 2 heterocycles. The Balaban J connectivity index is 1.72. The Morgan fingerprint density at radius 1 is 1.23 bits per heavy atom. The molecule has 156 valence electrons. The summed E-state index contributed by atoms with van der Waals surface area (Å²) < 4.78 is 11.1. The number of anilines is 1. The average molecular weight is 426 g/mol. The lowest BCUT2D eigenvalue weighted by Crippen LogP contribution is -2.41. The normalized spacial score (nSPS) is 14.0. The van der Waals surface area contributed by atoms with Crippen molar-refractivity contribution in [2.24, 2.45) is 0 Å². The minimum Gasteiger partial charge on any atom is -0.494 e. The first-order valence-electron chi connectivity index (χ1n) is 10.1. The highest BCUT2D eigenvalue weighted by Crippen LogP contribution is 2.31. The van der Waals surface area contributed by atoms with Crippen molar-refractivity contribution in [1.29, 1.82) is 0 Å². The van der Waals surface area contributed by atoms with Crippen LogP contribution in [0.3, 0.4) is 0 Å². The fourth-order valence-corrected chi connectivity index (χ4v) is 3.76. The second kappa shape index (κ2) is 9.32. The first kappa shape index (κ1) is 20.4. The van der Waals surface area contributed by atoms with Gasteiger partial charge in [-0.3, -0.25) is 9.78 Å². The summed E-state index contributed by atoms with van der Waals surface area (Å²) in [5.74, 6) is 0.762. The summed E-state index contributed by atoms with van der Waals surface area (Å²) >= 11 is 6.27. The van der Waals surface area contributed by atoms with Crippen LogP contribution in [0.4, 0.5) is 5.69 Å². The number of fused-ring (bicyclic) bond motifs is 1. The summed E-state index contributed by atoms with van der Waals surface area (Å²) in [7, 11) is 0. The maximum Gasteiger partial charge on any atom is 0.257 e. The van der Waals surface area contributed by atoms with Gasteiger partial charge < -0.3 is 19.7 Å². The molecule has 0 bridgehead atoms. The van der Waals surface area contributed by atoms with E-state index in [0.29, 0.717) is 50.0 Å². The molecule has 1 amide bonds. The molecule has 1 aliphatic heterocycles. The molecule has 4 rings (SSSR count). The van der Waals surface area contributed by atoms with Crippen LogP contribution < -0.4 is 10.1 Å². The van der Waals surface area contributed by atoms with E-state index in [2.05, 4.69) is 10.3 Å². The van der Waals surface area contributed by atoms with Gasteiger partial charge in [0, 0.05) is 41.8 Å². The van der Waals surface area contributed by atoms with Gasteiger partial charge in [-0.25, -0.2) is 0 Å². The monoisotopic (exact) mass is 425 g/mol. The highest BCUT2D eigenvalue weighted by Gasteiger charge is 2.23. The van der Waals surface area contributed by atoms with Crippen LogP contribution in [0.15, 0.2) is 48.7 Å². The zero-order valence-electron chi connectivity index (χ0n) is 16.9. The number of ether oxygens (including phenoxy) is 2. The highest BCUT2D eigenvalue weighted by molar-refractivity contribution is 6.31. The Hall–Kier alpha value is -2.83. The van der Waals surface area contributed by atoms with Crippen molar-refractivity contribution in [3.05, 3.63) is 64.8 Å². The number of nitrogens with zero attached hydrogens (tertiary/aromatic N) is 2. The fourth-order valence-electron chi connectivity index (χ4n) is 3.58. The Bertz CT molecular complexity index is 1050. The fraction of sp³-hybridized carbons (Fsp3) is 0.304. The van der Waals surface area contributed by atoms with E-state index in [1.54, 1.807) is 17.2 Å². The minimum atomic E-state index is -0.0618. The smallest absolute Gasteiger partial charge is 0.257 e. The number of nitrogens with one attached hydrogen (secondary N) is 1. The Morgan fingerprint density at radius 2 is 2.03 bits per heavy atom. The molecular weight excluding hydrogens is 402 g/mol. The van der Waals surface area contributed by atoms with Crippen LogP contribution in [0.2, 0.25) is 5.02 Å². The number of carbonyl (C=O) groups is 1. The molecule has 6 nitrogen and oxygen atoms in total. The third-order valence-electron chi connectivity index (χ3n) is 5.09.